The lowest BCUT2D eigenvalue weighted by Crippen LogP contribution is -2.51. The number of carbonyl (C=O) groups excluding carboxylic acids is 3. The maximum atomic E-state index is 13.2. The van der Waals surface area contributed by atoms with Gasteiger partial charge in [0.15, 0.2) is 11.5 Å². The molecule has 3 amide bonds. The van der Waals surface area contributed by atoms with Gasteiger partial charge in [0, 0.05) is 5.70 Å². The van der Waals surface area contributed by atoms with Crippen molar-refractivity contribution in [2.75, 3.05) is 20.3 Å². The van der Waals surface area contributed by atoms with E-state index in [0.717, 1.165) is 49.8 Å². The number of imide groups is 1. The van der Waals surface area contributed by atoms with Crippen LogP contribution in [0.3, 0.4) is 0 Å². The van der Waals surface area contributed by atoms with E-state index in [-0.39, 0.29) is 40.9 Å². The molecule has 1 unspecified atom stereocenters. The highest BCUT2D eigenvalue weighted by Gasteiger charge is 2.43. The maximum Gasteiger partial charge on any atom is 0.418 e. The Hall–Kier alpha value is -3.37. The molecule has 0 saturated heterocycles. The Morgan fingerprint density at radius 3 is 2.41 bits per heavy atom. The molecule has 1 aromatic rings. The lowest BCUT2D eigenvalue weighted by atomic mass is 9.90. The van der Waals surface area contributed by atoms with E-state index >= 15 is 0 Å². The van der Waals surface area contributed by atoms with Crippen molar-refractivity contribution in [2.24, 2.45) is 11.8 Å². The van der Waals surface area contributed by atoms with E-state index in [1.54, 1.807) is 0 Å². The molecule has 3 aliphatic rings. The second-order valence-electron chi connectivity index (χ2n) is 9.65. The number of carbonyl (C=O) groups is 3. The van der Waals surface area contributed by atoms with Gasteiger partial charge in [-0.25, -0.2) is 19.3 Å². The Labute approximate surface area is 214 Å². The molecule has 0 spiro atoms. The maximum absolute atomic E-state index is 13.2. The van der Waals surface area contributed by atoms with Crippen molar-refractivity contribution in [2.45, 2.75) is 64.5 Å². The van der Waals surface area contributed by atoms with Gasteiger partial charge in [0.25, 0.3) is 0 Å². The van der Waals surface area contributed by atoms with Gasteiger partial charge >= 0.3 is 24.7 Å². The molecule has 2 aliphatic carbocycles. The van der Waals surface area contributed by atoms with Crippen molar-refractivity contribution >= 4 is 18.1 Å². The third kappa shape index (κ3) is 6.50. The highest BCUT2D eigenvalue weighted by Crippen LogP contribution is 2.40. The summed E-state index contributed by atoms with van der Waals surface area (Å²) in [6.07, 6.45) is 6.15. The molecule has 1 N–H and O–H groups in total. The summed E-state index contributed by atoms with van der Waals surface area (Å²) in [5, 5.41) is 2.52. The van der Waals surface area contributed by atoms with Crippen LogP contribution in [0.1, 0.15) is 63.5 Å². The average Bonchev–Trinajstić information content (AvgIpc) is 3.71. The normalized spacial score (nSPS) is 20.5. The van der Waals surface area contributed by atoms with Crippen LogP contribution in [0, 0.1) is 11.8 Å². The number of halogens is 2. The fraction of sp³-hybridized carbons (Fsp3) is 0.577. The van der Waals surface area contributed by atoms with Gasteiger partial charge in [-0.1, -0.05) is 25.3 Å². The number of alkyl halides is 2. The summed E-state index contributed by atoms with van der Waals surface area (Å²) in [7, 11) is 1.19. The number of rotatable bonds is 9. The molecule has 37 heavy (non-hydrogen) atoms. The minimum Gasteiger partial charge on any atom is -0.489 e. The number of urea groups is 1. The zero-order valence-electron chi connectivity index (χ0n) is 21.0. The van der Waals surface area contributed by atoms with Crippen LogP contribution in [0.25, 0.3) is 0 Å². The van der Waals surface area contributed by atoms with Crippen molar-refractivity contribution in [3.63, 3.8) is 0 Å². The Bertz CT molecular complexity index is 1050. The van der Waals surface area contributed by atoms with E-state index in [1.807, 2.05) is 0 Å². The number of hydrogen-bond donors (Lipinski definition) is 1. The van der Waals surface area contributed by atoms with Gasteiger partial charge in [0.05, 0.1) is 25.9 Å². The quantitative estimate of drug-likeness (QED) is 0.439. The highest BCUT2D eigenvalue weighted by atomic mass is 19.3. The Morgan fingerprint density at radius 1 is 1.05 bits per heavy atom. The van der Waals surface area contributed by atoms with Crippen LogP contribution in [0.15, 0.2) is 29.5 Å². The standard InChI is InChI=1S/C26H32F2N2O7/c1-15-21(23(31)34-2)22(30(25(32)29-15)26(33)36-14-16-6-4-3-5-7-16)18-10-11-19(37-24(27)28)20(12-18)35-13-17-8-9-17/h10-12,16-17,22,24H,3-9,13-14H2,1-2H3,(H,29,32). The molecular weight excluding hydrogens is 490 g/mol. The van der Waals surface area contributed by atoms with E-state index in [4.69, 9.17) is 14.2 Å². The van der Waals surface area contributed by atoms with Crippen LogP contribution in [0.2, 0.25) is 0 Å². The van der Waals surface area contributed by atoms with E-state index in [1.165, 1.54) is 32.2 Å². The fourth-order valence-electron chi connectivity index (χ4n) is 4.72. The highest BCUT2D eigenvalue weighted by molar-refractivity contribution is 6.00. The third-order valence-electron chi connectivity index (χ3n) is 6.89. The number of esters is 1. The zero-order valence-corrected chi connectivity index (χ0v) is 21.0. The number of amides is 3. The van der Waals surface area contributed by atoms with Crippen LogP contribution >= 0.6 is 0 Å². The Morgan fingerprint density at radius 2 is 1.76 bits per heavy atom. The number of allylic oxidation sites excluding steroid dienone is 1. The van der Waals surface area contributed by atoms with Crippen LogP contribution in [-0.2, 0) is 14.3 Å². The summed E-state index contributed by atoms with van der Waals surface area (Å²) in [6.45, 7) is -1.10. The number of methoxy groups -OCH3 is 1. The number of benzene rings is 1. The number of ether oxygens (including phenoxy) is 4. The van der Waals surface area contributed by atoms with Crippen molar-refractivity contribution in [3.8, 4) is 11.5 Å². The summed E-state index contributed by atoms with van der Waals surface area (Å²) >= 11 is 0. The van der Waals surface area contributed by atoms with E-state index in [0.29, 0.717) is 12.5 Å². The lowest BCUT2D eigenvalue weighted by molar-refractivity contribution is -0.136. The first-order valence-corrected chi connectivity index (χ1v) is 12.6. The predicted octanol–water partition coefficient (Wildman–Crippen LogP) is 5.31. The first-order chi connectivity index (χ1) is 17.8. The minimum atomic E-state index is -3.08. The van der Waals surface area contributed by atoms with Gasteiger partial charge in [-0.3, -0.25) is 0 Å². The molecule has 202 valence electrons. The topological polar surface area (TPSA) is 103 Å². The molecular formula is C26H32F2N2O7. The molecule has 1 aliphatic heterocycles. The van der Waals surface area contributed by atoms with Crippen LogP contribution in [-0.4, -0.2) is 49.9 Å². The third-order valence-corrected chi connectivity index (χ3v) is 6.89. The molecule has 0 radical (unpaired) electrons. The first-order valence-electron chi connectivity index (χ1n) is 12.6. The second kappa shape index (κ2) is 11.8. The summed E-state index contributed by atoms with van der Waals surface area (Å²) < 4.78 is 46.9. The van der Waals surface area contributed by atoms with Crippen LogP contribution in [0.5, 0.6) is 11.5 Å². The largest absolute Gasteiger partial charge is 0.489 e. The van der Waals surface area contributed by atoms with Gasteiger partial charge < -0.3 is 24.3 Å². The monoisotopic (exact) mass is 522 g/mol. The average molecular weight is 523 g/mol. The van der Waals surface area contributed by atoms with Crippen molar-refractivity contribution in [3.05, 3.63) is 35.0 Å². The van der Waals surface area contributed by atoms with E-state index < -0.39 is 30.7 Å². The zero-order chi connectivity index (χ0) is 26.5. The van der Waals surface area contributed by atoms with Crippen LogP contribution in [0.4, 0.5) is 18.4 Å². The molecule has 2 fully saturated rings. The second-order valence-corrected chi connectivity index (χ2v) is 9.65. The fourth-order valence-corrected chi connectivity index (χ4v) is 4.72. The smallest absolute Gasteiger partial charge is 0.418 e. The molecule has 11 heteroatoms. The Kier molecular flexibility index (Phi) is 8.50. The van der Waals surface area contributed by atoms with Gasteiger partial charge in [0.1, 0.15) is 6.04 Å². The van der Waals surface area contributed by atoms with Gasteiger partial charge in [-0.2, -0.15) is 8.78 Å². The molecule has 1 atom stereocenters. The molecule has 2 saturated carbocycles. The number of nitrogens with zero attached hydrogens (tertiary/aromatic N) is 1. The SMILES string of the molecule is COC(=O)C1=C(C)NC(=O)N(C(=O)OCC2CCCCC2)C1c1ccc(OC(F)F)c(OCC2CC2)c1. The molecule has 1 aromatic carbocycles. The van der Waals surface area contributed by atoms with Gasteiger partial charge in [-0.15, -0.1) is 0 Å². The van der Waals surface area contributed by atoms with Crippen molar-refractivity contribution in [1.29, 1.82) is 0 Å². The summed E-state index contributed by atoms with van der Waals surface area (Å²) in [4.78, 5) is 39.9. The van der Waals surface area contributed by atoms with Crippen molar-refractivity contribution in [1.82, 2.24) is 10.2 Å². The predicted molar refractivity (Wildman–Crippen MR) is 127 cm³/mol. The molecule has 9 nitrogen and oxygen atoms in total. The van der Waals surface area contributed by atoms with Gasteiger partial charge in [-0.05, 0) is 62.1 Å². The summed E-state index contributed by atoms with van der Waals surface area (Å²) in [6, 6.07) is 2.07. The summed E-state index contributed by atoms with van der Waals surface area (Å²) in [5.74, 6) is -0.405. The lowest BCUT2D eigenvalue weighted by Gasteiger charge is -2.36. The van der Waals surface area contributed by atoms with E-state index in [2.05, 4.69) is 10.1 Å². The number of nitrogens with one attached hydrogen (secondary N) is 1. The molecule has 0 aromatic heterocycles. The minimum absolute atomic E-state index is 0.00684. The van der Waals surface area contributed by atoms with Crippen LogP contribution < -0.4 is 14.8 Å². The van der Waals surface area contributed by atoms with E-state index in [9.17, 15) is 23.2 Å². The van der Waals surface area contributed by atoms with Crippen molar-refractivity contribution < 1.29 is 42.1 Å². The molecule has 0 bridgehead atoms. The first kappa shape index (κ1) is 26.7. The Balaban J connectivity index is 1.68. The molecule has 1 heterocycles. The molecule has 4 rings (SSSR count). The number of hydrogen-bond acceptors (Lipinski definition) is 7. The summed E-state index contributed by atoms with van der Waals surface area (Å²) in [5.41, 5.74) is 0.482. The van der Waals surface area contributed by atoms with Gasteiger partial charge in [0.2, 0.25) is 0 Å².